The highest BCUT2D eigenvalue weighted by Gasteiger charge is 2.30. The molecule has 0 aromatic carbocycles. The highest BCUT2D eigenvalue weighted by atomic mass is 31.2. The first kappa shape index (κ1) is 70.2. The number of phosphoric acid groups is 1. The number of nitrogens with one attached hydrogen (secondary N) is 1. The van der Waals surface area contributed by atoms with Crippen LogP contribution in [0.15, 0.2) is 36.5 Å². The summed E-state index contributed by atoms with van der Waals surface area (Å²) >= 11 is 0. The van der Waals surface area contributed by atoms with Crippen molar-refractivity contribution >= 4 is 19.7 Å². The Morgan fingerprint density at radius 3 is 1.22 bits per heavy atom. The van der Waals surface area contributed by atoms with Crippen LogP contribution < -0.4 is 5.32 Å². The third-order valence-corrected chi connectivity index (χ3v) is 14.8. The molecule has 1 amide bonds. The third-order valence-electron chi connectivity index (χ3n) is 13.8. The zero-order chi connectivity index (χ0) is 52.9. The second-order valence-corrected chi connectivity index (χ2v) is 23.7. The fourth-order valence-corrected chi connectivity index (χ4v) is 9.71. The first-order valence-electron chi connectivity index (χ1n) is 30.8. The number of rotatable bonds is 56. The van der Waals surface area contributed by atoms with Gasteiger partial charge in [-0.05, 0) is 76.7 Å². The number of amides is 1. The Kier molecular flexibility index (Phi) is 51.4. The Morgan fingerprint density at radius 2 is 0.819 bits per heavy atom. The van der Waals surface area contributed by atoms with Gasteiger partial charge < -0.3 is 19.4 Å². The lowest BCUT2D eigenvalue weighted by atomic mass is 10.0. The van der Waals surface area contributed by atoms with Crippen molar-refractivity contribution in [3.8, 4) is 0 Å². The van der Waals surface area contributed by atoms with Crippen molar-refractivity contribution in [3.63, 3.8) is 0 Å². The molecule has 0 aliphatic carbocycles. The van der Waals surface area contributed by atoms with Crippen LogP contribution in [0.5, 0.6) is 0 Å². The molecule has 0 spiro atoms. The minimum Gasteiger partial charge on any atom is -0.456 e. The molecule has 0 fully saturated rings. The van der Waals surface area contributed by atoms with Gasteiger partial charge in [0.05, 0.1) is 33.8 Å². The molecular formula is C62H120N2O7P+. The van der Waals surface area contributed by atoms with Gasteiger partial charge in [0.15, 0.2) is 0 Å². The normalized spacial score (nSPS) is 13.9. The molecule has 3 atom stereocenters. The number of nitrogens with zero attached hydrogens (tertiary/aromatic N) is 1. The molecule has 0 aromatic heterocycles. The first-order valence-corrected chi connectivity index (χ1v) is 32.3. The highest BCUT2D eigenvalue weighted by molar-refractivity contribution is 7.47. The monoisotopic (exact) mass is 1040 g/mol. The number of unbranched alkanes of at least 4 members (excludes halogenated alkanes) is 36. The Labute approximate surface area is 446 Å². The molecule has 72 heavy (non-hydrogen) atoms. The van der Waals surface area contributed by atoms with Gasteiger partial charge in [-0.2, -0.15) is 0 Å². The molecule has 10 heteroatoms. The van der Waals surface area contributed by atoms with Crippen molar-refractivity contribution < 1.29 is 37.3 Å². The van der Waals surface area contributed by atoms with Gasteiger partial charge in [-0.1, -0.05) is 244 Å². The smallest absolute Gasteiger partial charge is 0.456 e. The number of hydrogen-bond acceptors (Lipinski definition) is 6. The predicted molar refractivity (Wildman–Crippen MR) is 309 cm³/mol. The van der Waals surface area contributed by atoms with Crippen LogP contribution in [0.3, 0.4) is 0 Å². The summed E-state index contributed by atoms with van der Waals surface area (Å²) in [5.41, 5.74) is 0. The molecule has 0 aromatic rings. The van der Waals surface area contributed by atoms with Crippen molar-refractivity contribution in [1.29, 1.82) is 0 Å². The SMILES string of the molecule is CCCC/C=C\CCCCCCCC(=O)NC(COP(=O)(O)OCC[N+](C)(C)C)C(/C=C\CCCCCCCCCCCC)OC(=O)CCCCCCCCCCCCCCC/C=C/CCCCCCCC. The van der Waals surface area contributed by atoms with Crippen LogP contribution in [-0.2, 0) is 27.9 Å². The van der Waals surface area contributed by atoms with Crippen LogP contribution >= 0.6 is 7.82 Å². The standard InChI is InChI=1S/C62H119N2O7P/c1-7-10-13-16-19-22-25-27-28-29-30-31-32-33-34-35-36-37-40-43-46-49-52-55-62(66)71-60(53-50-47-44-41-39-26-23-20-17-14-11-8-2)59(58-70-72(67,68)69-57-56-64(4,5)6)63-61(65)54-51-48-45-42-38-24-21-18-15-12-9-3/h18,21,27-28,50,53,59-60H,7-17,19-20,22-26,29-49,51-52,54-58H2,1-6H3,(H-,63,65,67,68)/p+1/b21-18-,28-27+,53-50-. The summed E-state index contributed by atoms with van der Waals surface area (Å²) in [6.07, 6.45) is 62.9. The minimum atomic E-state index is -4.44. The molecule has 0 rings (SSSR count). The van der Waals surface area contributed by atoms with E-state index in [9.17, 15) is 19.0 Å². The summed E-state index contributed by atoms with van der Waals surface area (Å²) in [6, 6.07) is -0.848. The molecular weight excluding hydrogens is 916 g/mol. The molecule has 0 aliphatic heterocycles. The second-order valence-electron chi connectivity index (χ2n) is 22.2. The number of likely N-dealkylation sites (N-methyl/N-ethyl adjacent to an activating group) is 1. The molecule has 0 aliphatic rings. The van der Waals surface area contributed by atoms with Crippen LogP contribution in [0.4, 0.5) is 0 Å². The number of quaternary nitrogens is 1. The van der Waals surface area contributed by atoms with Crippen LogP contribution in [0.1, 0.15) is 297 Å². The summed E-state index contributed by atoms with van der Waals surface area (Å²) in [5.74, 6) is -0.507. The summed E-state index contributed by atoms with van der Waals surface area (Å²) in [7, 11) is 1.50. The third kappa shape index (κ3) is 53.1. The zero-order valence-electron chi connectivity index (χ0n) is 48.4. The number of allylic oxidation sites excluding steroid dienone is 5. The maximum absolute atomic E-state index is 13.5. The minimum absolute atomic E-state index is 0.0403. The molecule has 3 unspecified atom stereocenters. The molecule has 0 radical (unpaired) electrons. The largest absolute Gasteiger partial charge is 0.472 e. The average Bonchev–Trinajstić information content (AvgIpc) is 3.34. The number of carbonyl (C=O) groups excluding carboxylic acids is 2. The number of phosphoric ester groups is 1. The van der Waals surface area contributed by atoms with Crippen LogP contribution in [0.2, 0.25) is 0 Å². The molecule has 0 heterocycles. The lowest BCUT2D eigenvalue weighted by Gasteiger charge is -2.27. The Bertz CT molecular complexity index is 1330. The highest BCUT2D eigenvalue weighted by Crippen LogP contribution is 2.43. The molecule has 2 N–H and O–H groups in total. The molecule has 424 valence electrons. The van der Waals surface area contributed by atoms with Crippen LogP contribution in [0, 0.1) is 0 Å². The quantitative estimate of drug-likeness (QED) is 0.0205. The summed E-state index contributed by atoms with van der Waals surface area (Å²) < 4.78 is 30.6. The summed E-state index contributed by atoms with van der Waals surface area (Å²) in [5, 5.41) is 3.04. The lowest BCUT2D eigenvalue weighted by Crippen LogP contribution is -2.47. The fraction of sp³-hybridized carbons (Fsp3) is 0.871. The number of carbonyl (C=O) groups is 2. The lowest BCUT2D eigenvalue weighted by molar-refractivity contribution is -0.870. The second kappa shape index (κ2) is 52.7. The number of hydrogen-bond donors (Lipinski definition) is 2. The summed E-state index contributed by atoms with van der Waals surface area (Å²) in [6.45, 7) is 6.98. The maximum atomic E-state index is 13.5. The van der Waals surface area contributed by atoms with Crippen LogP contribution in [-0.4, -0.2) is 74.3 Å². The molecule has 0 saturated carbocycles. The summed E-state index contributed by atoms with van der Waals surface area (Å²) in [4.78, 5) is 37.6. The topological polar surface area (TPSA) is 111 Å². The van der Waals surface area contributed by atoms with Crippen molar-refractivity contribution in [2.45, 2.75) is 309 Å². The van der Waals surface area contributed by atoms with E-state index < -0.39 is 20.0 Å². The van der Waals surface area contributed by atoms with Gasteiger partial charge in [-0.25, -0.2) is 4.57 Å². The van der Waals surface area contributed by atoms with E-state index in [-0.39, 0.29) is 25.1 Å². The Morgan fingerprint density at radius 1 is 0.472 bits per heavy atom. The van der Waals surface area contributed by atoms with E-state index in [0.29, 0.717) is 23.9 Å². The fourth-order valence-electron chi connectivity index (χ4n) is 8.98. The Balaban J connectivity index is 5.10. The molecule has 0 bridgehead atoms. The maximum Gasteiger partial charge on any atom is 0.472 e. The van der Waals surface area contributed by atoms with Crippen molar-refractivity contribution in [2.24, 2.45) is 0 Å². The van der Waals surface area contributed by atoms with Gasteiger partial charge in [0.1, 0.15) is 19.3 Å². The Hall–Kier alpha value is -1.77. The van der Waals surface area contributed by atoms with Crippen molar-refractivity contribution in [1.82, 2.24) is 5.32 Å². The zero-order valence-corrected chi connectivity index (χ0v) is 49.3. The number of esters is 1. The van der Waals surface area contributed by atoms with E-state index >= 15 is 0 Å². The number of ether oxygens (including phenoxy) is 1. The average molecular weight is 1040 g/mol. The van der Waals surface area contributed by atoms with E-state index in [1.54, 1.807) is 0 Å². The van der Waals surface area contributed by atoms with E-state index in [1.165, 1.54) is 180 Å². The molecule has 0 saturated heterocycles. The van der Waals surface area contributed by atoms with Gasteiger partial charge in [-0.15, -0.1) is 0 Å². The van der Waals surface area contributed by atoms with Gasteiger partial charge in [0, 0.05) is 12.8 Å². The van der Waals surface area contributed by atoms with E-state index in [4.69, 9.17) is 13.8 Å². The van der Waals surface area contributed by atoms with Crippen LogP contribution in [0.25, 0.3) is 0 Å². The van der Waals surface area contributed by atoms with Crippen molar-refractivity contribution in [3.05, 3.63) is 36.5 Å². The van der Waals surface area contributed by atoms with E-state index in [1.807, 2.05) is 33.3 Å². The van der Waals surface area contributed by atoms with E-state index in [0.717, 1.165) is 83.5 Å². The molecule has 9 nitrogen and oxygen atoms in total. The van der Waals surface area contributed by atoms with Gasteiger partial charge >= 0.3 is 13.8 Å². The van der Waals surface area contributed by atoms with E-state index in [2.05, 4.69) is 50.4 Å². The van der Waals surface area contributed by atoms with Gasteiger partial charge in [-0.3, -0.25) is 18.6 Å². The van der Waals surface area contributed by atoms with Gasteiger partial charge in [0.2, 0.25) is 5.91 Å². The predicted octanol–water partition coefficient (Wildman–Crippen LogP) is 18.7. The van der Waals surface area contributed by atoms with Crippen molar-refractivity contribution in [2.75, 3.05) is 40.9 Å². The first-order chi connectivity index (χ1) is 34.9. The van der Waals surface area contributed by atoms with Gasteiger partial charge in [0.25, 0.3) is 0 Å².